The molecule has 0 heterocycles. The van der Waals surface area contributed by atoms with Crippen LogP contribution in [0.25, 0.3) is 11.1 Å². The molecule has 3 rings (SSSR count). The van der Waals surface area contributed by atoms with Crippen LogP contribution < -0.4 is 0 Å². The summed E-state index contributed by atoms with van der Waals surface area (Å²) in [6, 6.07) is 19.5. The van der Waals surface area contributed by atoms with E-state index in [0.717, 1.165) is 10.9 Å². The van der Waals surface area contributed by atoms with Crippen molar-refractivity contribution in [2.45, 2.75) is 26.7 Å². The zero-order chi connectivity index (χ0) is 14.2. The molecule has 0 saturated heterocycles. The van der Waals surface area contributed by atoms with Crippen LogP contribution in [0.5, 0.6) is 0 Å². The molecule has 2 aromatic rings. The van der Waals surface area contributed by atoms with Gasteiger partial charge in [-0.15, -0.1) is 0 Å². The summed E-state index contributed by atoms with van der Waals surface area (Å²) in [7, 11) is 0. The number of allylic oxidation sites excluding steroid dienone is 2. The minimum absolute atomic E-state index is 0.249. The maximum absolute atomic E-state index is 3.59. The van der Waals surface area contributed by atoms with E-state index in [-0.39, 0.29) is 5.41 Å². The molecule has 0 unspecified atom stereocenters. The van der Waals surface area contributed by atoms with Crippen LogP contribution in [0.4, 0.5) is 0 Å². The van der Waals surface area contributed by atoms with E-state index in [1.807, 2.05) is 0 Å². The second kappa shape index (κ2) is 5.21. The summed E-state index contributed by atoms with van der Waals surface area (Å²) < 4.78 is 1.15. The maximum atomic E-state index is 3.59. The fourth-order valence-electron chi connectivity index (χ4n) is 3.23. The standard InChI is InChI=1S/C19H19Br/c1-19(2)12-11-17(15-9-6-10-16(20)13-15)18(19)14-7-4-3-5-8-14/h3-10,13H,11-12H2,1-2H3. The molecule has 0 fully saturated rings. The van der Waals surface area contributed by atoms with Gasteiger partial charge in [-0.1, -0.05) is 72.2 Å². The number of benzene rings is 2. The lowest BCUT2D eigenvalue weighted by atomic mass is 9.81. The van der Waals surface area contributed by atoms with E-state index >= 15 is 0 Å². The average Bonchev–Trinajstić information content (AvgIpc) is 2.75. The molecular weight excluding hydrogens is 308 g/mol. The van der Waals surface area contributed by atoms with E-state index in [1.54, 1.807) is 0 Å². The summed E-state index contributed by atoms with van der Waals surface area (Å²) in [5.74, 6) is 0. The normalized spacial score (nSPS) is 17.6. The smallest absolute Gasteiger partial charge is 0.0181 e. The van der Waals surface area contributed by atoms with Crippen molar-refractivity contribution in [2.75, 3.05) is 0 Å². The van der Waals surface area contributed by atoms with Gasteiger partial charge in [0, 0.05) is 4.47 Å². The highest BCUT2D eigenvalue weighted by Crippen LogP contribution is 2.51. The van der Waals surface area contributed by atoms with Crippen LogP contribution in [-0.4, -0.2) is 0 Å². The van der Waals surface area contributed by atoms with Crippen molar-refractivity contribution in [3.05, 3.63) is 70.2 Å². The average molecular weight is 327 g/mol. The summed E-state index contributed by atoms with van der Waals surface area (Å²) >= 11 is 3.59. The van der Waals surface area contributed by atoms with E-state index in [4.69, 9.17) is 0 Å². The Bertz CT molecular complexity index is 650. The van der Waals surface area contributed by atoms with Gasteiger partial charge >= 0.3 is 0 Å². The number of hydrogen-bond acceptors (Lipinski definition) is 0. The van der Waals surface area contributed by atoms with Crippen LogP contribution in [0.15, 0.2) is 59.1 Å². The molecule has 0 amide bonds. The molecule has 0 atom stereocenters. The molecule has 0 bridgehead atoms. The molecule has 0 saturated carbocycles. The lowest BCUT2D eigenvalue weighted by molar-refractivity contribution is 0.487. The van der Waals surface area contributed by atoms with Crippen LogP contribution >= 0.6 is 15.9 Å². The SMILES string of the molecule is CC1(C)CCC(c2cccc(Br)c2)=C1c1ccccc1. The van der Waals surface area contributed by atoms with Crippen LogP contribution in [0.2, 0.25) is 0 Å². The summed E-state index contributed by atoms with van der Waals surface area (Å²) in [4.78, 5) is 0. The molecule has 0 radical (unpaired) electrons. The quantitative estimate of drug-likeness (QED) is 0.618. The summed E-state index contributed by atoms with van der Waals surface area (Å²) in [5.41, 5.74) is 5.98. The highest BCUT2D eigenvalue weighted by atomic mass is 79.9. The maximum Gasteiger partial charge on any atom is 0.0181 e. The van der Waals surface area contributed by atoms with Crippen LogP contribution in [0.3, 0.4) is 0 Å². The number of halogens is 1. The molecular formula is C19H19Br. The van der Waals surface area contributed by atoms with E-state index in [2.05, 4.69) is 84.4 Å². The molecule has 1 heteroatoms. The molecule has 102 valence electrons. The van der Waals surface area contributed by atoms with Gasteiger partial charge in [-0.05, 0) is 52.7 Å². The number of rotatable bonds is 2. The largest absolute Gasteiger partial charge is 0.0622 e. The van der Waals surface area contributed by atoms with Gasteiger partial charge in [-0.2, -0.15) is 0 Å². The Labute approximate surface area is 129 Å². The Morgan fingerprint density at radius 1 is 0.900 bits per heavy atom. The Hall–Kier alpha value is -1.34. The molecule has 1 aliphatic carbocycles. The van der Waals surface area contributed by atoms with Crippen molar-refractivity contribution in [1.29, 1.82) is 0 Å². The molecule has 20 heavy (non-hydrogen) atoms. The zero-order valence-electron chi connectivity index (χ0n) is 12.0. The second-order valence-corrected chi connectivity index (χ2v) is 7.03. The van der Waals surface area contributed by atoms with Crippen LogP contribution in [0, 0.1) is 5.41 Å². The first-order chi connectivity index (χ1) is 9.58. The van der Waals surface area contributed by atoms with E-state index < -0.39 is 0 Å². The Kier molecular flexibility index (Phi) is 3.55. The van der Waals surface area contributed by atoms with Crippen molar-refractivity contribution >= 4 is 27.1 Å². The first-order valence-corrected chi connectivity index (χ1v) is 7.92. The zero-order valence-corrected chi connectivity index (χ0v) is 13.6. The van der Waals surface area contributed by atoms with Gasteiger partial charge in [0.1, 0.15) is 0 Å². The first-order valence-electron chi connectivity index (χ1n) is 7.13. The van der Waals surface area contributed by atoms with Gasteiger partial charge in [0.05, 0.1) is 0 Å². The monoisotopic (exact) mass is 326 g/mol. The van der Waals surface area contributed by atoms with Crippen LogP contribution in [0.1, 0.15) is 37.8 Å². The fraction of sp³-hybridized carbons (Fsp3) is 0.263. The van der Waals surface area contributed by atoms with Gasteiger partial charge in [0.25, 0.3) is 0 Å². The van der Waals surface area contributed by atoms with E-state index in [1.165, 1.54) is 28.7 Å². The molecule has 2 aromatic carbocycles. The summed E-state index contributed by atoms with van der Waals surface area (Å²) in [5, 5.41) is 0. The molecule has 0 aliphatic heterocycles. The second-order valence-electron chi connectivity index (χ2n) is 6.11. The van der Waals surface area contributed by atoms with Gasteiger partial charge < -0.3 is 0 Å². The third-order valence-corrected chi connectivity index (χ3v) is 4.71. The molecule has 0 aromatic heterocycles. The predicted molar refractivity (Wildman–Crippen MR) is 90.4 cm³/mol. The minimum atomic E-state index is 0.249. The van der Waals surface area contributed by atoms with Crippen molar-refractivity contribution in [3.8, 4) is 0 Å². The van der Waals surface area contributed by atoms with Crippen molar-refractivity contribution in [2.24, 2.45) is 5.41 Å². The van der Waals surface area contributed by atoms with Gasteiger partial charge in [0.15, 0.2) is 0 Å². The highest BCUT2D eigenvalue weighted by molar-refractivity contribution is 9.10. The first kappa shape index (κ1) is 13.6. The fourth-order valence-corrected chi connectivity index (χ4v) is 3.63. The third-order valence-electron chi connectivity index (χ3n) is 4.21. The van der Waals surface area contributed by atoms with E-state index in [9.17, 15) is 0 Å². The van der Waals surface area contributed by atoms with Gasteiger partial charge in [0.2, 0.25) is 0 Å². The van der Waals surface area contributed by atoms with Gasteiger partial charge in [-0.3, -0.25) is 0 Å². The molecule has 0 N–H and O–H groups in total. The highest BCUT2D eigenvalue weighted by Gasteiger charge is 2.33. The van der Waals surface area contributed by atoms with Crippen LogP contribution in [-0.2, 0) is 0 Å². The summed E-state index contributed by atoms with van der Waals surface area (Å²) in [6.07, 6.45) is 2.38. The molecule has 0 nitrogen and oxygen atoms in total. The molecule has 1 aliphatic rings. The Morgan fingerprint density at radius 3 is 2.30 bits per heavy atom. The Morgan fingerprint density at radius 2 is 1.60 bits per heavy atom. The lowest BCUT2D eigenvalue weighted by Crippen LogP contribution is -2.09. The lowest BCUT2D eigenvalue weighted by Gasteiger charge is -2.23. The Balaban J connectivity index is 2.19. The van der Waals surface area contributed by atoms with Crippen molar-refractivity contribution in [1.82, 2.24) is 0 Å². The number of hydrogen-bond donors (Lipinski definition) is 0. The van der Waals surface area contributed by atoms with Crippen molar-refractivity contribution in [3.63, 3.8) is 0 Å². The van der Waals surface area contributed by atoms with E-state index in [0.29, 0.717) is 0 Å². The minimum Gasteiger partial charge on any atom is -0.0622 e. The van der Waals surface area contributed by atoms with Crippen molar-refractivity contribution < 1.29 is 0 Å². The summed E-state index contributed by atoms with van der Waals surface area (Å²) in [6.45, 7) is 4.72. The van der Waals surface area contributed by atoms with Gasteiger partial charge in [-0.25, -0.2) is 0 Å². The molecule has 0 spiro atoms. The topological polar surface area (TPSA) is 0 Å². The predicted octanol–water partition coefficient (Wildman–Crippen LogP) is 6.18. The third kappa shape index (κ3) is 2.47.